The maximum absolute atomic E-state index is 12.0. The summed E-state index contributed by atoms with van der Waals surface area (Å²) in [6, 6.07) is 16.2. The van der Waals surface area contributed by atoms with Crippen molar-refractivity contribution in [3.05, 3.63) is 66.1 Å². The van der Waals surface area contributed by atoms with Crippen molar-refractivity contribution in [1.29, 1.82) is 0 Å². The molecule has 0 spiro atoms. The van der Waals surface area contributed by atoms with Crippen molar-refractivity contribution in [1.82, 2.24) is 14.5 Å². The van der Waals surface area contributed by atoms with Crippen LogP contribution in [-0.4, -0.2) is 20.4 Å². The largest absolute Gasteiger partial charge is 0.346 e. The summed E-state index contributed by atoms with van der Waals surface area (Å²) in [7, 11) is 2.04. The number of benzene rings is 1. The molecule has 0 unspecified atom stereocenters. The Bertz CT molecular complexity index is 792. The summed E-state index contributed by atoms with van der Waals surface area (Å²) >= 11 is 0. The normalized spacial score (nSPS) is 10.8. The minimum absolute atomic E-state index is 0.0518. The van der Waals surface area contributed by atoms with Gasteiger partial charge in [0, 0.05) is 31.4 Å². The number of carbonyl (C=O) groups is 1. The summed E-state index contributed by atoms with van der Waals surface area (Å²) in [6.45, 7) is 2.71. The van der Waals surface area contributed by atoms with Crippen LogP contribution in [0.5, 0.6) is 0 Å². The molecule has 0 saturated carbocycles. The third-order valence-corrected chi connectivity index (χ3v) is 3.93. The molecule has 0 atom stereocenters. The topological polar surface area (TPSA) is 38.1 Å². The molecule has 22 heavy (non-hydrogen) atoms. The molecule has 3 aromatic rings. The van der Waals surface area contributed by atoms with Crippen molar-refractivity contribution in [3.8, 4) is 0 Å². The smallest absolute Gasteiger partial charge is 0.220 e. The van der Waals surface area contributed by atoms with Gasteiger partial charge in [-0.15, -0.1) is 0 Å². The lowest BCUT2D eigenvalue weighted by atomic mass is 10.2. The van der Waals surface area contributed by atoms with Gasteiger partial charge in [0.2, 0.25) is 5.91 Å². The third-order valence-electron chi connectivity index (χ3n) is 3.93. The molecule has 0 aliphatic rings. The maximum Gasteiger partial charge on any atom is 0.220 e. The Morgan fingerprint density at radius 3 is 2.59 bits per heavy atom. The number of rotatable bonds is 4. The highest BCUT2D eigenvalue weighted by Crippen LogP contribution is 2.20. The van der Waals surface area contributed by atoms with E-state index in [1.54, 1.807) is 13.1 Å². The molecule has 3 rings (SSSR count). The van der Waals surface area contributed by atoms with E-state index in [4.69, 9.17) is 0 Å². The first kappa shape index (κ1) is 14.3. The van der Waals surface area contributed by atoms with Gasteiger partial charge in [0.05, 0.1) is 18.8 Å². The number of nitrogens with zero attached hydrogens (tertiary/aromatic N) is 3. The molecule has 0 radical (unpaired) electrons. The molecule has 0 bridgehead atoms. The Morgan fingerprint density at radius 1 is 1.14 bits per heavy atom. The highest BCUT2D eigenvalue weighted by atomic mass is 16.2. The van der Waals surface area contributed by atoms with E-state index in [2.05, 4.69) is 27.8 Å². The summed E-state index contributed by atoms with van der Waals surface area (Å²) in [5, 5.41) is 1.20. The lowest BCUT2D eigenvalue weighted by Gasteiger charge is -2.21. The molecule has 1 amide bonds. The van der Waals surface area contributed by atoms with Crippen molar-refractivity contribution in [2.24, 2.45) is 7.05 Å². The van der Waals surface area contributed by atoms with E-state index in [9.17, 15) is 4.79 Å². The third kappa shape index (κ3) is 2.86. The highest BCUT2D eigenvalue weighted by Gasteiger charge is 2.14. The van der Waals surface area contributed by atoms with Crippen molar-refractivity contribution >= 4 is 16.8 Å². The quantitative estimate of drug-likeness (QED) is 0.741. The zero-order chi connectivity index (χ0) is 15.5. The van der Waals surface area contributed by atoms with E-state index in [0.29, 0.717) is 13.1 Å². The summed E-state index contributed by atoms with van der Waals surface area (Å²) in [4.78, 5) is 18.1. The number of amides is 1. The van der Waals surface area contributed by atoms with Crippen molar-refractivity contribution in [2.75, 3.05) is 0 Å². The molecule has 1 aromatic carbocycles. The number of pyridine rings is 1. The Hall–Kier alpha value is -2.62. The van der Waals surface area contributed by atoms with Crippen LogP contribution in [-0.2, 0) is 24.9 Å². The lowest BCUT2D eigenvalue weighted by Crippen LogP contribution is -2.28. The number of hydrogen-bond donors (Lipinski definition) is 0. The van der Waals surface area contributed by atoms with Gasteiger partial charge in [0.1, 0.15) is 0 Å². The number of hydrogen-bond acceptors (Lipinski definition) is 2. The Balaban J connectivity index is 1.86. The molecule has 4 heteroatoms. The molecule has 0 saturated heterocycles. The fourth-order valence-electron chi connectivity index (χ4n) is 2.66. The van der Waals surface area contributed by atoms with Crippen LogP contribution in [0.15, 0.2) is 54.7 Å². The average Bonchev–Trinajstić information content (AvgIpc) is 2.84. The lowest BCUT2D eigenvalue weighted by molar-refractivity contribution is -0.130. The predicted octanol–water partition coefficient (Wildman–Crippen LogP) is 3.12. The van der Waals surface area contributed by atoms with Crippen molar-refractivity contribution in [2.45, 2.75) is 20.0 Å². The van der Waals surface area contributed by atoms with Gasteiger partial charge < -0.3 is 9.47 Å². The Labute approximate surface area is 130 Å². The van der Waals surface area contributed by atoms with Gasteiger partial charge in [-0.2, -0.15) is 0 Å². The molecule has 2 aromatic heterocycles. The van der Waals surface area contributed by atoms with E-state index in [-0.39, 0.29) is 5.91 Å². The number of aromatic nitrogens is 2. The fourth-order valence-corrected chi connectivity index (χ4v) is 2.66. The van der Waals surface area contributed by atoms with Crippen LogP contribution >= 0.6 is 0 Å². The van der Waals surface area contributed by atoms with Gasteiger partial charge in [-0.25, -0.2) is 0 Å². The summed E-state index contributed by atoms with van der Waals surface area (Å²) < 4.78 is 2.14. The first-order valence-corrected chi connectivity index (χ1v) is 7.34. The first-order valence-electron chi connectivity index (χ1n) is 7.34. The zero-order valence-corrected chi connectivity index (χ0v) is 12.9. The number of aryl methyl sites for hydroxylation is 1. The number of fused-ring (bicyclic) bond motifs is 1. The minimum Gasteiger partial charge on any atom is -0.346 e. The molecule has 0 aliphatic carbocycles. The van der Waals surface area contributed by atoms with Crippen LogP contribution in [0, 0.1) is 0 Å². The Morgan fingerprint density at radius 2 is 1.91 bits per heavy atom. The van der Waals surface area contributed by atoms with Crippen molar-refractivity contribution < 1.29 is 4.79 Å². The second-order valence-electron chi connectivity index (χ2n) is 5.45. The van der Waals surface area contributed by atoms with Gasteiger partial charge >= 0.3 is 0 Å². The van der Waals surface area contributed by atoms with Gasteiger partial charge in [0.25, 0.3) is 0 Å². The van der Waals surface area contributed by atoms with E-state index in [0.717, 1.165) is 11.4 Å². The van der Waals surface area contributed by atoms with Crippen molar-refractivity contribution in [3.63, 3.8) is 0 Å². The molecule has 0 fully saturated rings. The minimum atomic E-state index is 0.0518. The predicted molar refractivity (Wildman–Crippen MR) is 87.1 cm³/mol. The van der Waals surface area contributed by atoms with Crippen LogP contribution in [0.25, 0.3) is 10.9 Å². The number of carbonyl (C=O) groups excluding carboxylic acids is 1. The van der Waals surface area contributed by atoms with Gasteiger partial charge in [-0.3, -0.25) is 9.78 Å². The van der Waals surface area contributed by atoms with E-state index >= 15 is 0 Å². The zero-order valence-electron chi connectivity index (χ0n) is 12.9. The van der Waals surface area contributed by atoms with Gasteiger partial charge in [-0.1, -0.05) is 24.3 Å². The van der Waals surface area contributed by atoms with E-state index < -0.39 is 0 Å². The molecule has 4 nitrogen and oxygen atoms in total. The molecule has 0 aliphatic heterocycles. The monoisotopic (exact) mass is 293 g/mol. The molecular formula is C18H19N3O. The SMILES string of the molecule is CC(=O)N(Cc1ccccn1)Cc1cc2ccccc2n1C. The van der Waals surface area contributed by atoms with E-state index in [1.165, 1.54) is 10.9 Å². The standard InChI is InChI=1S/C18H19N3O/c1-14(22)21(12-16-8-5-6-10-19-16)13-17-11-15-7-3-4-9-18(15)20(17)2/h3-11H,12-13H2,1-2H3. The maximum atomic E-state index is 12.0. The second-order valence-corrected chi connectivity index (χ2v) is 5.45. The van der Waals surface area contributed by atoms with Gasteiger partial charge in [0.15, 0.2) is 0 Å². The average molecular weight is 293 g/mol. The van der Waals surface area contributed by atoms with Crippen LogP contribution in [0.2, 0.25) is 0 Å². The molecule has 2 heterocycles. The number of para-hydroxylation sites is 1. The first-order chi connectivity index (χ1) is 10.6. The second kappa shape index (κ2) is 6.02. The van der Waals surface area contributed by atoms with Gasteiger partial charge in [-0.05, 0) is 29.7 Å². The van der Waals surface area contributed by atoms with Crippen LogP contribution in [0.1, 0.15) is 18.3 Å². The highest BCUT2D eigenvalue weighted by molar-refractivity contribution is 5.81. The summed E-state index contributed by atoms with van der Waals surface area (Å²) in [5.41, 5.74) is 3.20. The van der Waals surface area contributed by atoms with E-state index in [1.807, 2.05) is 42.3 Å². The Kier molecular flexibility index (Phi) is 3.92. The van der Waals surface area contributed by atoms with Crippen LogP contribution < -0.4 is 0 Å². The molecular weight excluding hydrogens is 274 g/mol. The molecule has 0 N–H and O–H groups in total. The molecule has 112 valence electrons. The van der Waals surface area contributed by atoms with Crippen LogP contribution in [0.3, 0.4) is 0 Å². The summed E-state index contributed by atoms with van der Waals surface area (Å²) in [5.74, 6) is 0.0518. The van der Waals surface area contributed by atoms with Crippen LogP contribution in [0.4, 0.5) is 0 Å². The fraction of sp³-hybridized carbons (Fsp3) is 0.222. The summed E-state index contributed by atoms with van der Waals surface area (Å²) in [6.07, 6.45) is 1.75.